The molecule has 0 unspecified atom stereocenters. The van der Waals surface area contributed by atoms with E-state index in [0.717, 1.165) is 50.9 Å². The third kappa shape index (κ3) is 4.81. The zero-order valence-corrected chi connectivity index (χ0v) is 14.6. The van der Waals surface area contributed by atoms with Gasteiger partial charge in [0.2, 0.25) is 0 Å². The number of anilines is 1. The minimum atomic E-state index is 0. The van der Waals surface area contributed by atoms with Crippen LogP contribution in [0.1, 0.15) is 25.8 Å². The molecule has 0 amide bonds. The van der Waals surface area contributed by atoms with Gasteiger partial charge in [-0.3, -0.25) is 4.99 Å². The third-order valence-electron chi connectivity index (χ3n) is 3.25. The zero-order valence-electron chi connectivity index (χ0n) is 12.2. The standard InChI is InChI=1S/C14H23N5.HI/c1-3-19(4-2)13-7-6-12(10-17-13)11-18-14-15-8-5-9-16-14;/h6-7,10H,3-5,8-9,11H2,1-2H3,(H2,15,16,18);1H. The molecule has 0 aliphatic carbocycles. The van der Waals surface area contributed by atoms with E-state index in [0.29, 0.717) is 0 Å². The van der Waals surface area contributed by atoms with Crippen LogP contribution in [0.3, 0.4) is 0 Å². The lowest BCUT2D eigenvalue weighted by atomic mass is 10.2. The van der Waals surface area contributed by atoms with Gasteiger partial charge < -0.3 is 15.5 Å². The molecule has 0 saturated carbocycles. The molecule has 5 nitrogen and oxygen atoms in total. The molecule has 1 aromatic rings. The lowest BCUT2D eigenvalue weighted by Gasteiger charge is -2.20. The largest absolute Gasteiger partial charge is 0.357 e. The summed E-state index contributed by atoms with van der Waals surface area (Å²) < 4.78 is 0. The Bertz CT molecular complexity index is 414. The highest BCUT2D eigenvalue weighted by Crippen LogP contribution is 2.10. The molecule has 0 bridgehead atoms. The number of halogens is 1. The summed E-state index contributed by atoms with van der Waals surface area (Å²) in [6.45, 7) is 8.95. The van der Waals surface area contributed by atoms with Crippen LogP contribution in [-0.2, 0) is 6.54 Å². The van der Waals surface area contributed by atoms with Crippen LogP contribution in [0.2, 0.25) is 0 Å². The number of aromatic nitrogens is 1. The maximum atomic E-state index is 4.51. The number of hydrogen-bond donors (Lipinski definition) is 2. The van der Waals surface area contributed by atoms with E-state index in [9.17, 15) is 0 Å². The minimum Gasteiger partial charge on any atom is -0.357 e. The number of rotatable bonds is 5. The molecule has 1 aliphatic heterocycles. The number of pyridine rings is 1. The van der Waals surface area contributed by atoms with E-state index in [1.165, 1.54) is 5.56 Å². The Labute approximate surface area is 138 Å². The molecule has 2 rings (SSSR count). The van der Waals surface area contributed by atoms with Gasteiger partial charge in [0.05, 0.1) is 0 Å². The van der Waals surface area contributed by atoms with Gasteiger partial charge in [-0.2, -0.15) is 0 Å². The van der Waals surface area contributed by atoms with Gasteiger partial charge in [0.1, 0.15) is 5.82 Å². The Kier molecular flexibility index (Phi) is 7.64. The van der Waals surface area contributed by atoms with Crippen LogP contribution in [0.5, 0.6) is 0 Å². The van der Waals surface area contributed by atoms with Crippen LogP contribution in [0, 0.1) is 0 Å². The molecule has 2 N–H and O–H groups in total. The van der Waals surface area contributed by atoms with Crippen LogP contribution < -0.4 is 15.5 Å². The molecule has 0 saturated heterocycles. The van der Waals surface area contributed by atoms with Gasteiger partial charge in [0.15, 0.2) is 5.96 Å². The molecule has 112 valence electrons. The van der Waals surface area contributed by atoms with E-state index in [2.05, 4.69) is 51.5 Å². The van der Waals surface area contributed by atoms with Crippen molar-refractivity contribution in [2.45, 2.75) is 26.8 Å². The predicted octanol–water partition coefficient (Wildman–Crippen LogP) is 1.98. The average Bonchev–Trinajstić information content (AvgIpc) is 2.49. The monoisotopic (exact) mass is 389 g/mol. The molecule has 0 fully saturated rings. The highest BCUT2D eigenvalue weighted by Gasteiger charge is 2.05. The summed E-state index contributed by atoms with van der Waals surface area (Å²) in [6.07, 6.45) is 3.05. The Hall–Kier alpha value is -1.05. The van der Waals surface area contributed by atoms with Gasteiger partial charge >= 0.3 is 0 Å². The Morgan fingerprint density at radius 2 is 2.10 bits per heavy atom. The van der Waals surface area contributed by atoms with Crippen molar-refractivity contribution in [2.75, 3.05) is 31.1 Å². The first kappa shape index (κ1) is 17.0. The minimum absolute atomic E-state index is 0. The van der Waals surface area contributed by atoms with Crippen molar-refractivity contribution in [1.29, 1.82) is 0 Å². The van der Waals surface area contributed by atoms with Gasteiger partial charge in [-0.15, -0.1) is 24.0 Å². The zero-order chi connectivity index (χ0) is 13.5. The molecule has 0 spiro atoms. The van der Waals surface area contributed by atoms with Crippen LogP contribution in [0.25, 0.3) is 0 Å². The van der Waals surface area contributed by atoms with Gasteiger partial charge in [0, 0.05) is 38.9 Å². The van der Waals surface area contributed by atoms with Crippen molar-refractivity contribution in [1.82, 2.24) is 15.6 Å². The van der Waals surface area contributed by atoms with Crippen molar-refractivity contribution in [3.05, 3.63) is 23.9 Å². The van der Waals surface area contributed by atoms with E-state index < -0.39 is 0 Å². The van der Waals surface area contributed by atoms with E-state index in [-0.39, 0.29) is 24.0 Å². The Balaban J connectivity index is 0.00000200. The first-order valence-corrected chi connectivity index (χ1v) is 7.05. The highest BCUT2D eigenvalue weighted by molar-refractivity contribution is 14.0. The van der Waals surface area contributed by atoms with Crippen LogP contribution in [-0.4, -0.2) is 37.1 Å². The molecule has 1 aromatic heterocycles. The van der Waals surface area contributed by atoms with Crippen LogP contribution >= 0.6 is 24.0 Å². The SMILES string of the molecule is CCN(CC)c1ccc(CNC2=NCCCN2)cn1.I. The molecule has 2 heterocycles. The number of guanidine groups is 1. The fraction of sp³-hybridized carbons (Fsp3) is 0.571. The maximum Gasteiger partial charge on any atom is 0.191 e. The summed E-state index contributed by atoms with van der Waals surface area (Å²) in [4.78, 5) is 11.1. The van der Waals surface area contributed by atoms with Gasteiger partial charge in [-0.05, 0) is 31.9 Å². The van der Waals surface area contributed by atoms with E-state index in [4.69, 9.17) is 0 Å². The van der Waals surface area contributed by atoms with Crippen molar-refractivity contribution in [2.24, 2.45) is 4.99 Å². The molecule has 0 aromatic carbocycles. The lowest BCUT2D eigenvalue weighted by molar-refractivity contribution is 0.701. The molecule has 6 heteroatoms. The van der Waals surface area contributed by atoms with Crippen molar-refractivity contribution in [3.8, 4) is 0 Å². The lowest BCUT2D eigenvalue weighted by Crippen LogP contribution is -2.40. The fourth-order valence-corrected chi connectivity index (χ4v) is 2.09. The smallest absolute Gasteiger partial charge is 0.191 e. The van der Waals surface area contributed by atoms with Crippen LogP contribution in [0.4, 0.5) is 5.82 Å². The van der Waals surface area contributed by atoms with Gasteiger partial charge in [0.25, 0.3) is 0 Å². The second-order valence-corrected chi connectivity index (χ2v) is 4.56. The van der Waals surface area contributed by atoms with Crippen LogP contribution in [0.15, 0.2) is 23.3 Å². The highest BCUT2D eigenvalue weighted by atomic mass is 127. The Morgan fingerprint density at radius 3 is 2.65 bits per heavy atom. The van der Waals surface area contributed by atoms with Crippen molar-refractivity contribution < 1.29 is 0 Å². The van der Waals surface area contributed by atoms with E-state index in [1.807, 2.05) is 6.20 Å². The number of nitrogens with zero attached hydrogens (tertiary/aromatic N) is 3. The number of aliphatic imine (C=N–C) groups is 1. The topological polar surface area (TPSA) is 52.5 Å². The normalized spacial score (nSPS) is 13.8. The van der Waals surface area contributed by atoms with Crippen molar-refractivity contribution in [3.63, 3.8) is 0 Å². The molecule has 0 atom stereocenters. The molecular weight excluding hydrogens is 365 g/mol. The first-order chi connectivity index (χ1) is 9.33. The number of nitrogens with one attached hydrogen (secondary N) is 2. The summed E-state index contributed by atoms with van der Waals surface area (Å²) in [5.74, 6) is 1.95. The second kappa shape index (κ2) is 8.99. The molecule has 1 aliphatic rings. The van der Waals surface area contributed by atoms with Crippen molar-refractivity contribution >= 4 is 35.8 Å². The summed E-state index contributed by atoms with van der Waals surface area (Å²) in [7, 11) is 0. The fourth-order valence-electron chi connectivity index (χ4n) is 2.09. The second-order valence-electron chi connectivity index (χ2n) is 4.56. The van der Waals surface area contributed by atoms with E-state index >= 15 is 0 Å². The molecule has 0 radical (unpaired) electrons. The maximum absolute atomic E-state index is 4.51. The molecular formula is C14H24IN5. The Morgan fingerprint density at radius 1 is 1.30 bits per heavy atom. The third-order valence-corrected chi connectivity index (χ3v) is 3.25. The van der Waals surface area contributed by atoms with Gasteiger partial charge in [-0.25, -0.2) is 4.98 Å². The molecule has 20 heavy (non-hydrogen) atoms. The van der Waals surface area contributed by atoms with Gasteiger partial charge in [-0.1, -0.05) is 6.07 Å². The number of hydrogen-bond acceptors (Lipinski definition) is 5. The predicted molar refractivity (Wildman–Crippen MR) is 95.0 cm³/mol. The summed E-state index contributed by atoms with van der Waals surface area (Å²) in [5.41, 5.74) is 1.17. The average molecular weight is 389 g/mol. The van der Waals surface area contributed by atoms with E-state index in [1.54, 1.807) is 0 Å². The summed E-state index contributed by atoms with van der Waals surface area (Å²) in [6, 6.07) is 4.21. The quantitative estimate of drug-likeness (QED) is 0.757. The summed E-state index contributed by atoms with van der Waals surface area (Å²) in [5, 5.41) is 6.55. The summed E-state index contributed by atoms with van der Waals surface area (Å²) >= 11 is 0. The first-order valence-electron chi connectivity index (χ1n) is 7.05.